The Morgan fingerprint density at radius 1 is 1.38 bits per heavy atom. The van der Waals surface area contributed by atoms with Crippen molar-refractivity contribution in [2.24, 2.45) is 5.92 Å². The van der Waals surface area contributed by atoms with E-state index in [0.29, 0.717) is 18.9 Å². The van der Waals surface area contributed by atoms with Crippen LogP contribution in [-0.4, -0.2) is 30.7 Å². The number of ketones is 1. The summed E-state index contributed by atoms with van der Waals surface area (Å²) >= 11 is 0. The Balaban J connectivity index is 2.28. The van der Waals surface area contributed by atoms with Crippen LogP contribution in [0.1, 0.15) is 47.0 Å². The van der Waals surface area contributed by atoms with E-state index < -0.39 is 0 Å². The summed E-state index contributed by atoms with van der Waals surface area (Å²) in [6.07, 6.45) is 2.41. The Labute approximate surface area is 98.5 Å². The van der Waals surface area contributed by atoms with E-state index in [-0.39, 0.29) is 24.1 Å². The summed E-state index contributed by atoms with van der Waals surface area (Å²) in [5.74, 6) is 0.816. The molecular weight excluding hydrogens is 204 g/mol. The van der Waals surface area contributed by atoms with E-state index >= 15 is 0 Å². The van der Waals surface area contributed by atoms with Crippen LogP contribution in [0.4, 0.5) is 0 Å². The Morgan fingerprint density at radius 3 is 2.56 bits per heavy atom. The third-order valence-corrected chi connectivity index (χ3v) is 2.77. The minimum absolute atomic E-state index is 0.00667. The SMILES string of the molecule is CCCOC1C(=O)CC1OC(C)CC(C)C. The number of carbonyl (C=O) groups excluding carboxylic acids is 1. The molecule has 0 heterocycles. The predicted octanol–water partition coefficient (Wildman–Crippen LogP) is 2.57. The van der Waals surface area contributed by atoms with Crippen molar-refractivity contribution in [2.45, 2.75) is 65.3 Å². The van der Waals surface area contributed by atoms with Gasteiger partial charge in [0.2, 0.25) is 0 Å². The minimum atomic E-state index is -0.297. The molecule has 1 rings (SSSR count). The molecule has 3 heteroatoms. The van der Waals surface area contributed by atoms with E-state index in [9.17, 15) is 4.79 Å². The number of rotatable bonds is 7. The highest BCUT2D eigenvalue weighted by atomic mass is 16.6. The number of hydrogen-bond acceptors (Lipinski definition) is 3. The van der Waals surface area contributed by atoms with Crippen LogP contribution in [-0.2, 0) is 14.3 Å². The van der Waals surface area contributed by atoms with Crippen molar-refractivity contribution in [3.8, 4) is 0 Å². The third kappa shape index (κ3) is 3.87. The normalized spacial score (nSPS) is 26.9. The smallest absolute Gasteiger partial charge is 0.166 e. The minimum Gasteiger partial charge on any atom is -0.372 e. The fourth-order valence-corrected chi connectivity index (χ4v) is 2.05. The van der Waals surface area contributed by atoms with Crippen molar-refractivity contribution in [3.63, 3.8) is 0 Å². The fourth-order valence-electron chi connectivity index (χ4n) is 2.05. The van der Waals surface area contributed by atoms with Gasteiger partial charge in [0, 0.05) is 13.0 Å². The lowest BCUT2D eigenvalue weighted by Crippen LogP contribution is -2.51. The van der Waals surface area contributed by atoms with Gasteiger partial charge in [-0.1, -0.05) is 20.8 Å². The molecule has 0 aromatic carbocycles. The quantitative estimate of drug-likeness (QED) is 0.672. The monoisotopic (exact) mass is 228 g/mol. The molecule has 1 fully saturated rings. The second kappa shape index (κ2) is 6.36. The average molecular weight is 228 g/mol. The fraction of sp³-hybridized carbons (Fsp3) is 0.923. The van der Waals surface area contributed by atoms with Crippen LogP contribution < -0.4 is 0 Å². The topological polar surface area (TPSA) is 35.5 Å². The van der Waals surface area contributed by atoms with E-state index in [1.165, 1.54) is 0 Å². The summed E-state index contributed by atoms with van der Waals surface area (Å²) in [4.78, 5) is 11.3. The molecular formula is C13H24O3. The van der Waals surface area contributed by atoms with E-state index in [1.54, 1.807) is 0 Å². The molecule has 1 saturated carbocycles. The van der Waals surface area contributed by atoms with Crippen LogP contribution in [0.3, 0.4) is 0 Å². The van der Waals surface area contributed by atoms with Crippen LogP contribution >= 0.6 is 0 Å². The van der Waals surface area contributed by atoms with Crippen LogP contribution in [0, 0.1) is 5.92 Å². The van der Waals surface area contributed by atoms with Crippen molar-refractivity contribution < 1.29 is 14.3 Å². The molecule has 94 valence electrons. The molecule has 0 spiro atoms. The summed E-state index contributed by atoms with van der Waals surface area (Å²) < 4.78 is 11.3. The van der Waals surface area contributed by atoms with Gasteiger partial charge in [-0.3, -0.25) is 4.79 Å². The molecule has 0 aliphatic heterocycles. The zero-order valence-corrected chi connectivity index (χ0v) is 10.9. The lowest BCUT2D eigenvalue weighted by Gasteiger charge is -2.36. The molecule has 0 saturated heterocycles. The van der Waals surface area contributed by atoms with Gasteiger partial charge in [-0.05, 0) is 25.7 Å². The molecule has 0 bridgehead atoms. The molecule has 3 atom stereocenters. The molecule has 1 aliphatic carbocycles. The van der Waals surface area contributed by atoms with E-state index in [4.69, 9.17) is 9.47 Å². The van der Waals surface area contributed by atoms with Gasteiger partial charge in [-0.25, -0.2) is 0 Å². The Bertz CT molecular complexity index is 225. The van der Waals surface area contributed by atoms with E-state index in [0.717, 1.165) is 12.8 Å². The van der Waals surface area contributed by atoms with Gasteiger partial charge < -0.3 is 9.47 Å². The highest BCUT2D eigenvalue weighted by Crippen LogP contribution is 2.25. The number of carbonyl (C=O) groups is 1. The van der Waals surface area contributed by atoms with Gasteiger partial charge in [0.05, 0.1) is 12.2 Å². The highest BCUT2D eigenvalue weighted by molar-refractivity contribution is 5.90. The maximum Gasteiger partial charge on any atom is 0.166 e. The van der Waals surface area contributed by atoms with Crippen LogP contribution in [0.15, 0.2) is 0 Å². The van der Waals surface area contributed by atoms with Gasteiger partial charge >= 0.3 is 0 Å². The first kappa shape index (κ1) is 13.7. The summed E-state index contributed by atoms with van der Waals surface area (Å²) in [7, 11) is 0. The largest absolute Gasteiger partial charge is 0.372 e. The molecule has 0 aromatic rings. The van der Waals surface area contributed by atoms with Crippen LogP contribution in [0.2, 0.25) is 0 Å². The van der Waals surface area contributed by atoms with Crippen molar-refractivity contribution in [3.05, 3.63) is 0 Å². The number of ether oxygens (including phenoxy) is 2. The standard InChI is InChI=1S/C13H24O3/c1-5-6-15-13-11(14)8-12(13)16-10(4)7-9(2)3/h9-10,12-13H,5-8H2,1-4H3. The van der Waals surface area contributed by atoms with Gasteiger partial charge in [0.15, 0.2) is 5.78 Å². The first-order valence-electron chi connectivity index (χ1n) is 6.34. The summed E-state index contributed by atoms with van der Waals surface area (Å²) in [5.41, 5.74) is 0. The first-order chi connectivity index (χ1) is 7.54. The predicted molar refractivity (Wildman–Crippen MR) is 63.4 cm³/mol. The van der Waals surface area contributed by atoms with Crippen LogP contribution in [0.5, 0.6) is 0 Å². The maximum atomic E-state index is 11.3. The second-order valence-corrected chi connectivity index (χ2v) is 5.08. The lowest BCUT2D eigenvalue weighted by molar-refractivity contribution is -0.173. The van der Waals surface area contributed by atoms with Crippen molar-refractivity contribution in [1.29, 1.82) is 0 Å². The van der Waals surface area contributed by atoms with E-state index in [1.807, 2.05) is 6.92 Å². The van der Waals surface area contributed by atoms with Crippen molar-refractivity contribution >= 4 is 5.78 Å². The van der Waals surface area contributed by atoms with Gasteiger partial charge in [-0.2, -0.15) is 0 Å². The Hall–Kier alpha value is -0.410. The molecule has 3 unspecified atom stereocenters. The van der Waals surface area contributed by atoms with Crippen molar-refractivity contribution in [2.75, 3.05) is 6.61 Å². The molecule has 0 radical (unpaired) electrons. The second-order valence-electron chi connectivity index (χ2n) is 5.08. The Kier molecular flexibility index (Phi) is 5.42. The lowest BCUT2D eigenvalue weighted by atomic mass is 9.89. The molecule has 1 aliphatic rings. The molecule has 0 amide bonds. The number of Topliss-reactive ketones (excluding diaryl/α,β-unsaturated/α-hetero) is 1. The molecule has 0 aromatic heterocycles. The summed E-state index contributed by atoms with van der Waals surface area (Å²) in [6.45, 7) is 9.11. The maximum absolute atomic E-state index is 11.3. The summed E-state index contributed by atoms with van der Waals surface area (Å²) in [6, 6.07) is 0. The van der Waals surface area contributed by atoms with Crippen LogP contribution in [0.25, 0.3) is 0 Å². The first-order valence-corrected chi connectivity index (χ1v) is 6.34. The average Bonchev–Trinajstić information content (AvgIpc) is 2.16. The van der Waals surface area contributed by atoms with Crippen molar-refractivity contribution in [1.82, 2.24) is 0 Å². The third-order valence-electron chi connectivity index (χ3n) is 2.77. The Morgan fingerprint density at radius 2 is 2.06 bits per heavy atom. The van der Waals surface area contributed by atoms with E-state index in [2.05, 4.69) is 20.8 Å². The highest BCUT2D eigenvalue weighted by Gasteiger charge is 2.42. The zero-order valence-electron chi connectivity index (χ0n) is 10.9. The molecule has 16 heavy (non-hydrogen) atoms. The number of hydrogen-bond donors (Lipinski definition) is 0. The van der Waals surface area contributed by atoms with Gasteiger partial charge in [-0.15, -0.1) is 0 Å². The molecule has 3 nitrogen and oxygen atoms in total. The van der Waals surface area contributed by atoms with Gasteiger partial charge in [0.25, 0.3) is 0 Å². The van der Waals surface area contributed by atoms with Gasteiger partial charge in [0.1, 0.15) is 6.10 Å². The molecule has 0 N–H and O–H groups in total. The summed E-state index contributed by atoms with van der Waals surface area (Å²) in [5, 5.41) is 0. The zero-order chi connectivity index (χ0) is 12.1.